The summed E-state index contributed by atoms with van der Waals surface area (Å²) in [5.74, 6) is -0.519. The van der Waals surface area contributed by atoms with Gasteiger partial charge < -0.3 is 35.1 Å². The van der Waals surface area contributed by atoms with E-state index in [4.69, 9.17) is 14.2 Å². The number of esters is 1. The highest BCUT2D eigenvalue weighted by molar-refractivity contribution is 5.83. The number of hydrogen-bond donors (Lipinski definition) is 4. The van der Waals surface area contributed by atoms with E-state index < -0.39 is 30.4 Å². The molecule has 4 aromatic rings. The molecule has 6 unspecified atom stereocenters. The van der Waals surface area contributed by atoms with E-state index in [2.05, 4.69) is 15.5 Å². The number of nitrogens with zero attached hydrogens (tertiary/aromatic N) is 1. The molecule has 0 aliphatic carbocycles. The predicted octanol–water partition coefficient (Wildman–Crippen LogP) is 5.36. The van der Waals surface area contributed by atoms with Crippen molar-refractivity contribution in [3.63, 3.8) is 0 Å². The number of hydrogen-bond acceptors (Lipinski definition) is 8. The summed E-state index contributed by atoms with van der Waals surface area (Å²) in [7, 11) is 3.29. The van der Waals surface area contributed by atoms with Crippen molar-refractivity contribution in [2.45, 2.75) is 69.6 Å². The van der Waals surface area contributed by atoms with Crippen LogP contribution in [0.25, 0.3) is 0 Å². The van der Waals surface area contributed by atoms with Gasteiger partial charge in [-0.05, 0) is 41.8 Å². The van der Waals surface area contributed by atoms with E-state index >= 15 is 0 Å². The standard InChI is InChI=1S/C40H47N3O7/c1-27(37(45)32-12-8-5-9-13-32)43(2)25-34-23-36(31-18-16-30(26-44)17-19-31)50-39(49-34)33-20-14-29(15-21-33)24-41-40(47)42-35(38(46)48-3)22-28-10-6-4-7-11-28/h4-21,27,34-37,39,44-45H,22-26H2,1-3H3,(H2,41,42,47). The quantitative estimate of drug-likeness (QED) is 0.131. The fourth-order valence-electron chi connectivity index (χ4n) is 6.06. The third-order valence-electron chi connectivity index (χ3n) is 9.18. The van der Waals surface area contributed by atoms with Gasteiger partial charge in [0.25, 0.3) is 0 Å². The smallest absolute Gasteiger partial charge is 0.328 e. The number of aliphatic hydroxyl groups excluding tert-OH is 2. The van der Waals surface area contributed by atoms with Gasteiger partial charge in [-0.1, -0.05) is 109 Å². The normalized spacial score (nSPS) is 19.3. The van der Waals surface area contributed by atoms with Crippen LogP contribution in [0.2, 0.25) is 0 Å². The number of benzene rings is 4. The van der Waals surface area contributed by atoms with Crippen molar-refractivity contribution >= 4 is 12.0 Å². The summed E-state index contributed by atoms with van der Waals surface area (Å²) >= 11 is 0. The van der Waals surface area contributed by atoms with Gasteiger partial charge in [0.1, 0.15) is 6.04 Å². The fraction of sp³-hybridized carbons (Fsp3) is 0.350. The molecule has 1 saturated heterocycles. The third-order valence-corrected chi connectivity index (χ3v) is 9.18. The van der Waals surface area contributed by atoms with Crippen molar-refractivity contribution in [2.24, 2.45) is 0 Å². The number of methoxy groups -OCH3 is 1. The van der Waals surface area contributed by atoms with Crippen LogP contribution in [-0.2, 0) is 38.6 Å². The van der Waals surface area contributed by atoms with E-state index in [1.54, 1.807) is 0 Å². The van der Waals surface area contributed by atoms with Gasteiger partial charge >= 0.3 is 12.0 Å². The number of urea groups is 1. The zero-order valence-electron chi connectivity index (χ0n) is 28.8. The molecule has 1 fully saturated rings. The van der Waals surface area contributed by atoms with Gasteiger partial charge in [-0.3, -0.25) is 4.90 Å². The Morgan fingerprint density at radius 1 is 0.860 bits per heavy atom. The lowest BCUT2D eigenvalue weighted by molar-refractivity contribution is -0.253. The second-order valence-electron chi connectivity index (χ2n) is 12.7. The number of ether oxygens (including phenoxy) is 3. The van der Waals surface area contributed by atoms with E-state index in [0.717, 1.165) is 33.4 Å². The number of rotatable bonds is 14. The number of likely N-dealkylation sites (N-methyl/N-ethyl adjacent to an activating group) is 1. The molecule has 4 aromatic carbocycles. The first-order valence-corrected chi connectivity index (χ1v) is 16.9. The average molecular weight is 682 g/mol. The largest absolute Gasteiger partial charge is 0.467 e. The molecular weight excluding hydrogens is 634 g/mol. The van der Waals surface area contributed by atoms with Gasteiger partial charge in [0.05, 0.1) is 32.0 Å². The van der Waals surface area contributed by atoms with Crippen LogP contribution in [0.5, 0.6) is 0 Å². The summed E-state index contributed by atoms with van der Waals surface area (Å²) in [4.78, 5) is 27.2. The Kier molecular flexibility index (Phi) is 13.1. The first-order valence-electron chi connectivity index (χ1n) is 16.9. The van der Waals surface area contributed by atoms with Crippen LogP contribution in [0, 0.1) is 0 Å². The molecule has 0 bridgehead atoms. The van der Waals surface area contributed by atoms with Gasteiger partial charge in [0.15, 0.2) is 6.29 Å². The summed E-state index contributed by atoms with van der Waals surface area (Å²) in [6.45, 7) is 2.79. The third kappa shape index (κ3) is 9.99. The van der Waals surface area contributed by atoms with Crippen LogP contribution in [0.3, 0.4) is 0 Å². The van der Waals surface area contributed by atoms with Gasteiger partial charge in [-0.15, -0.1) is 0 Å². The lowest BCUT2D eigenvalue weighted by Crippen LogP contribution is -2.47. The maximum Gasteiger partial charge on any atom is 0.328 e. The number of aliphatic hydroxyl groups is 2. The lowest BCUT2D eigenvalue weighted by Gasteiger charge is -2.39. The van der Waals surface area contributed by atoms with Crippen molar-refractivity contribution in [3.8, 4) is 0 Å². The summed E-state index contributed by atoms with van der Waals surface area (Å²) < 4.78 is 17.9. The Bertz CT molecular complexity index is 1640. The molecule has 264 valence electrons. The van der Waals surface area contributed by atoms with E-state index in [9.17, 15) is 19.8 Å². The molecule has 2 amide bonds. The Labute approximate surface area is 294 Å². The minimum absolute atomic E-state index is 0.0327. The van der Waals surface area contributed by atoms with Crippen molar-refractivity contribution in [1.82, 2.24) is 15.5 Å². The molecule has 6 atom stereocenters. The topological polar surface area (TPSA) is 130 Å². The highest BCUT2D eigenvalue weighted by Gasteiger charge is 2.34. The second-order valence-corrected chi connectivity index (χ2v) is 12.7. The van der Waals surface area contributed by atoms with Crippen molar-refractivity contribution in [3.05, 3.63) is 143 Å². The summed E-state index contributed by atoms with van der Waals surface area (Å²) in [5, 5.41) is 26.2. The van der Waals surface area contributed by atoms with Gasteiger partial charge in [-0.2, -0.15) is 0 Å². The number of nitrogens with one attached hydrogen (secondary N) is 2. The van der Waals surface area contributed by atoms with E-state index in [1.807, 2.05) is 123 Å². The number of carbonyl (C=O) groups is 2. The first kappa shape index (κ1) is 36.7. The Balaban J connectivity index is 1.23. The predicted molar refractivity (Wildman–Crippen MR) is 190 cm³/mol. The SMILES string of the molecule is COC(=O)C(Cc1ccccc1)NC(=O)NCc1ccc(C2OC(CN(C)C(C)C(O)c3ccccc3)CC(c3ccc(CO)cc3)O2)cc1. The highest BCUT2D eigenvalue weighted by atomic mass is 16.7. The maximum atomic E-state index is 12.8. The fourth-order valence-corrected chi connectivity index (χ4v) is 6.06. The Morgan fingerprint density at radius 2 is 1.48 bits per heavy atom. The van der Waals surface area contributed by atoms with Crippen molar-refractivity contribution < 1.29 is 34.0 Å². The molecule has 5 rings (SSSR count). The molecule has 0 radical (unpaired) electrons. The Morgan fingerprint density at radius 3 is 2.12 bits per heavy atom. The number of carbonyl (C=O) groups excluding carboxylic acids is 2. The highest BCUT2D eigenvalue weighted by Crippen LogP contribution is 2.38. The monoisotopic (exact) mass is 681 g/mol. The van der Waals surface area contributed by atoms with Gasteiger partial charge in [-0.25, -0.2) is 9.59 Å². The van der Waals surface area contributed by atoms with Crippen molar-refractivity contribution in [1.29, 1.82) is 0 Å². The van der Waals surface area contributed by atoms with Crippen LogP contribution >= 0.6 is 0 Å². The zero-order valence-corrected chi connectivity index (χ0v) is 28.8. The summed E-state index contributed by atoms with van der Waals surface area (Å²) in [6, 6.07) is 33.0. The maximum absolute atomic E-state index is 12.8. The molecule has 10 nitrogen and oxygen atoms in total. The second kappa shape index (κ2) is 17.9. The summed E-state index contributed by atoms with van der Waals surface area (Å²) in [5.41, 5.74) is 5.27. The first-order chi connectivity index (χ1) is 24.2. The molecule has 4 N–H and O–H groups in total. The number of amides is 2. The minimum atomic E-state index is -0.824. The van der Waals surface area contributed by atoms with Crippen LogP contribution in [0.1, 0.15) is 65.2 Å². The molecule has 1 aliphatic heterocycles. The Hall–Kier alpha value is -4.58. The molecule has 0 spiro atoms. The van der Waals surface area contributed by atoms with Gasteiger partial charge in [0.2, 0.25) is 0 Å². The van der Waals surface area contributed by atoms with Crippen LogP contribution < -0.4 is 10.6 Å². The average Bonchev–Trinajstić information content (AvgIpc) is 3.16. The van der Waals surface area contributed by atoms with Crippen molar-refractivity contribution in [2.75, 3.05) is 20.7 Å². The molecule has 50 heavy (non-hydrogen) atoms. The van der Waals surface area contributed by atoms with E-state index in [1.165, 1.54) is 7.11 Å². The zero-order chi connectivity index (χ0) is 35.5. The molecule has 1 heterocycles. The molecule has 1 aliphatic rings. The van der Waals surface area contributed by atoms with E-state index in [0.29, 0.717) is 19.4 Å². The van der Waals surface area contributed by atoms with Crippen LogP contribution in [0.15, 0.2) is 109 Å². The van der Waals surface area contributed by atoms with Gasteiger partial charge in [0, 0.05) is 37.5 Å². The molecule has 0 saturated carbocycles. The van der Waals surface area contributed by atoms with E-state index in [-0.39, 0.29) is 31.4 Å². The molecule has 10 heteroatoms. The van der Waals surface area contributed by atoms with Crippen LogP contribution in [0.4, 0.5) is 4.79 Å². The molecular formula is C40H47N3O7. The minimum Gasteiger partial charge on any atom is -0.467 e. The summed E-state index contributed by atoms with van der Waals surface area (Å²) in [6.07, 6.45) is -0.831. The molecule has 0 aromatic heterocycles. The lowest BCUT2D eigenvalue weighted by atomic mass is 9.98. The van der Waals surface area contributed by atoms with Crippen LogP contribution in [-0.4, -0.2) is 66.0 Å².